The number of aryl methyl sites for hydroxylation is 2. The third-order valence-electron chi connectivity index (χ3n) is 9.18. The Bertz CT molecular complexity index is 1310. The molecule has 9 heteroatoms. The molecule has 1 N–H and O–H groups in total. The van der Waals surface area contributed by atoms with E-state index in [1.165, 1.54) is 10.8 Å². The number of nitrogens with zero attached hydrogens (tertiary/aromatic N) is 4. The maximum absolute atomic E-state index is 12.3. The first-order valence-corrected chi connectivity index (χ1v) is 18.1. The SMILES string of the molecule is COc1ccc([Si](C)(C)[C@H]2[C@H](C)[C@H](CCc3cccc(N4CCCC4=O)c3)O[C@@H]2CCn2cc(CCO)nn2)cc1. The molecule has 0 spiro atoms. The Morgan fingerprint density at radius 3 is 2.61 bits per heavy atom. The number of rotatable bonds is 12. The molecule has 2 aliphatic rings. The van der Waals surface area contributed by atoms with Crippen LogP contribution in [0.15, 0.2) is 54.7 Å². The van der Waals surface area contributed by atoms with Gasteiger partial charge in [0.05, 0.1) is 33.1 Å². The van der Waals surface area contributed by atoms with E-state index in [2.05, 4.69) is 72.8 Å². The Hall–Kier alpha value is -3.01. The number of ether oxygens (including phenoxy) is 2. The van der Waals surface area contributed by atoms with Crippen molar-refractivity contribution in [3.05, 3.63) is 66.0 Å². The first kappa shape index (κ1) is 29.5. The lowest BCUT2D eigenvalue weighted by Crippen LogP contribution is -2.50. The molecular weight excluding hydrogens is 532 g/mol. The van der Waals surface area contributed by atoms with Gasteiger partial charge in [-0.3, -0.25) is 9.48 Å². The van der Waals surface area contributed by atoms with Crippen LogP contribution in [0.2, 0.25) is 18.6 Å². The summed E-state index contributed by atoms with van der Waals surface area (Å²) < 4.78 is 14.2. The number of aliphatic hydroxyl groups excluding tert-OH is 1. The summed E-state index contributed by atoms with van der Waals surface area (Å²) in [6.07, 6.45) is 7.05. The number of methoxy groups -OCH3 is 1. The average molecular weight is 577 g/mol. The van der Waals surface area contributed by atoms with Gasteiger partial charge in [-0.2, -0.15) is 0 Å². The van der Waals surface area contributed by atoms with Gasteiger partial charge in [-0.25, -0.2) is 0 Å². The number of amides is 1. The van der Waals surface area contributed by atoms with Crippen LogP contribution in [-0.4, -0.2) is 66.6 Å². The Morgan fingerprint density at radius 2 is 1.90 bits per heavy atom. The van der Waals surface area contributed by atoms with Gasteiger partial charge >= 0.3 is 0 Å². The molecule has 0 radical (unpaired) electrons. The molecule has 3 heterocycles. The molecule has 1 aromatic heterocycles. The molecule has 220 valence electrons. The fraction of sp³-hybridized carbons (Fsp3) is 0.531. The van der Waals surface area contributed by atoms with Crippen molar-refractivity contribution in [2.24, 2.45) is 5.92 Å². The highest BCUT2D eigenvalue weighted by molar-refractivity contribution is 6.91. The standard InChI is InChI=1S/C32H44N4O4Si/c1-23-29(15-10-24-7-5-8-26(21-24)36-18-6-9-31(36)38)40-30(16-19-35-22-25(17-20-37)33-34-35)32(23)41(3,4)28-13-11-27(39-2)12-14-28/h5,7-8,11-14,21-23,29-30,32,37H,6,9-10,15-20H2,1-4H3/t23-,29+,30-,32+/m1/s1. The summed E-state index contributed by atoms with van der Waals surface area (Å²) in [5, 5.41) is 19.2. The van der Waals surface area contributed by atoms with E-state index in [0.717, 1.165) is 55.9 Å². The lowest BCUT2D eigenvalue weighted by atomic mass is 9.95. The number of hydrogen-bond acceptors (Lipinski definition) is 6. The molecule has 3 aromatic rings. The molecule has 41 heavy (non-hydrogen) atoms. The highest BCUT2D eigenvalue weighted by Gasteiger charge is 2.50. The first-order valence-electron chi connectivity index (χ1n) is 15.0. The molecule has 8 nitrogen and oxygen atoms in total. The van der Waals surface area contributed by atoms with Crippen LogP contribution in [-0.2, 0) is 28.9 Å². The van der Waals surface area contributed by atoms with Crippen LogP contribution in [0.25, 0.3) is 0 Å². The molecular formula is C32H44N4O4Si. The van der Waals surface area contributed by atoms with Gasteiger partial charge in [0.15, 0.2) is 0 Å². The normalized spacial score (nSPS) is 23.0. The maximum Gasteiger partial charge on any atom is 0.227 e. The second-order valence-corrected chi connectivity index (χ2v) is 16.8. The van der Waals surface area contributed by atoms with E-state index in [1.807, 2.05) is 21.8 Å². The Kier molecular flexibility index (Phi) is 9.26. The molecule has 1 amide bonds. The van der Waals surface area contributed by atoms with Gasteiger partial charge in [0.1, 0.15) is 5.75 Å². The van der Waals surface area contributed by atoms with Gasteiger partial charge in [-0.15, -0.1) is 5.10 Å². The van der Waals surface area contributed by atoms with Crippen molar-refractivity contribution < 1.29 is 19.4 Å². The zero-order valence-electron chi connectivity index (χ0n) is 24.8. The minimum atomic E-state index is -1.94. The molecule has 2 fully saturated rings. The minimum absolute atomic E-state index is 0.0740. The predicted octanol–water partition coefficient (Wildman–Crippen LogP) is 4.36. The molecule has 2 saturated heterocycles. The summed E-state index contributed by atoms with van der Waals surface area (Å²) in [5.41, 5.74) is 3.52. The van der Waals surface area contributed by atoms with E-state index in [9.17, 15) is 9.90 Å². The van der Waals surface area contributed by atoms with Crippen molar-refractivity contribution in [2.75, 3.05) is 25.2 Å². The fourth-order valence-electron chi connectivity index (χ4n) is 6.96. The van der Waals surface area contributed by atoms with E-state index < -0.39 is 8.07 Å². The van der Waals surface area contributed by atoms with Crippen molar-refractivity contribution in [1.82, 2.24) is 15.0 Å². The number of carbonyl (C=O) groups is 1. The molecule has 2 aromatic carbocycles. The Labute approximate surface area is 244 Å². The van der Waals surface area contributed by atoms with E-state index >= 15 is 0 Å². The monoisotopic (exact) mass is 576 g/mol. The zero-order chi connectivity index (χ0) is 29.0. The Morgan fingerprint density at radius 1 is 1.10 bits per heavy atom. The van der Waals surface area contributed by atoms with Crippen molar-refractivity contribution >= 4 is 24.9 Å². The number of benzene rings is 2. The molecule has 2 aliphatic heterocycles. The fourth-order valence-corrected chi connectivity index (χ4v) is 11.1. The third-order valence-corrected chi connectivity index (χ3v) is 13.6. The van der Waals surface area contributed by atoms with E-state index in [0.29, 0.717) is 24.3 Å². The molecule has 0 aliphatic carbocycles. The quantitative estimate of drug-likeness (QED) is 0.322. The molecule has 0 saturated carbocycles. The molecule has 4 atom stereocenters. The van der Waals surface area contributed by atoms with E-state index in [-0.39, 0.29) is 24.7 Å². The number of hydrogen-bond donors (Lipinski definition) is 1. The third kappa shape index (κ3) is 6.57. The highest BCUT2D eigenvalue weighted by Crippen LogP contribution is 2.46. The largest absolute Gasteiger partial charge is 0.497 e. The number of aromatic nitrogens is 3. The van der Waals surface area contributed by atoms with Gasteiger partial charge in [0, 0.05) is 44.4 Å². The van der Waals surface area contributed by atoms with Crippen LogP contribution < -0.4 is 14.8 Å². The first-order chi connectivity index (χ1) is 19.8. The maximum atomic E-state index is 12.3. The second kappa shape index (κ2) is 12.9. The van der Waals surface area contributed by atoms with Crippen molar-refractivity contribution in [2.45, 2.75) is 82.8 Å². The molecule has 0 bridgehead atoms. The van der Waals surface area contributed by atoms with Gasteiger partial charge < -0.3 is 19.5 Å². The average Bonchev–Trinajstić information content (AvgIpc) is 3.70. The van der Waals surface area contributed by atoms with Gasteiger partial charge in [-0.05, 0) is 67.0 Å². The predicted molar refractivity (Wildman–Crippen MR) is 163 cm³/mol. The highest BCUT2D eigenvalue weighted by atomic mass is 28.3. The summed E-state index contributed by atoms with van der Waals surface area (Å²) in [4.78, 5) is 14.2. The van der Waals surface area contributed by atoms with Crippen LogP contribution in [0.1, 0.15) is 43.9 Å². The summed E-state index contributed by atoms with van der Waals surface area (Å²) in [7, 11) is -0.233. The number of carbonyl (C=O) groups excluding carboxylic acids is 1. The summed E-state index contributed by atoms with van der Waals surface area (Å²) >= 11 is 0. The molecule has 5 rings (SSSR count). The lowest BCUT2D eigenvalue weighted by molar-refractivity contribution is -0.117. The summed E-state index contributed by atoms with van der Waals surface area (Å²) in [5.74, 6) is 1.52. The van der Waals surface area contributed by atoms with Gasteiger partial charge in [0.2, 0.25) is 5.91 Å². The smallest absolute Gasteiger partial charge is 0.227 e. The topological polar surface area (TPSA) is 89.7 Å². The number of aliphatic hydroxyl groups is 1. The van der Waals surface area contributed by atoms with Crippen LogP contribution in [0, 0.1) is 5.92 Å². The van der Waals surface area contributed by atoms with Crippen LogP contribution in [0.4, 0.5) is 5.69 Å². The van der Waals surface area contributed by atoms with Crippen molar-refractivity contribution in [3.63, 3.8) is 0 Å². The lowest BCUT2D eigenvalue weighted by Gasteiger charge is -2.36. The zero-order valence-corrected chi connectivity index (χ0v) is 25.8. The van der Waals surface area contributed by atoms with E-state index in [1.54, 1.807) is 7.11 Å². The summed E-state index contributed by atoms with van der Waals surface area (Å²) in [6, 6.07) is 17.1. The molecule has 0 unspecified atom stereocenters. The van der Waals surface area contributed by atoms with Crippen LogP contribution in [0.5, 0.6) is 5.75 Å². The van der Waals surface area contributed by atoms with Crippen molar-refractivity contribution in [3.8, 4) is 5.75 Å². The minimum Gasteiger partial charge on any atom is -0.497 e. The van der Waals surface area contributed by atoms with E-state index in [4.69, 9.17) is 9.47 Å². The second-order valence-electron chi connectivity index (χ2n) is 12.1. The van der Waals surface area contributed by atoms with Gasteiger partial charge in [0.25, 0.3) is 0 Å². The van der Waals surface area contributed by atoms with Gasteiger partial charge in [-0.1, -0.05) is 54.7 Å². The van der Waals surface area contributed by atoms with Crippen molar-refractivity contribution in [1.29, 1.82) is 0 Å². The Balaban J connectivity index is 1.32. The van der Waals surface area contributed by atoms with Crippen LogP contribution in [0.3, 0.4) is 0 Å². The number of anilines is 1. The van der Waals surface area contributed by atoms with Crippen LogP contribution >= 0.6 is 0 Å². The summed E-state index contributed by atoms with van der Waals surface area (Å²) in [6.45, 7) is 8.94.